The highest BCUT2D eigenvalue weighted by Gasteiger charge is 2.29. The first kappa shape index (κ1) is 33.2. The number of hydrogen-bond donors (Lipinski definition) is 1. The van der Waals surface area contributed by atoms with Gasteiger partial charge in [-0.2, -0.15) is 0 Å². The van der Waals surface area contributed by atoms with Crippen LogP contribution in [0.4, 0.5) is 0 Å². The van der Waals surface area contributed by atoms with Crippen LogP contribution < -0.4 is 4.74 Å². The predicted octanol–water partition coefficient (Wildman–Crippen LogP) is 12.3. The van der Waals surface area contributed by atoms with Crippen LogP contribution in [0.25, 0.3) is 54.8 Å². The number of fused-ring (bicyclic) bond motifs is 2. The molecule has 0 radical (unpaired) electrons. The highest BCUT2D eigenvalue weighted by atomic mass is 35.5. The van der Waals surface area contributed by atoms with Crippen LogP contribution in [-0.4, -0.2) is 27.7 Å². The molecular weight excluding hydrogens is 672 g/mol. The van der Waals surface area contributed by atoms with Gasteiger partial charge < -0.3 is 14.4 Å². The Morgan fingerprint density at radius 2 is 1.67 bits per heavy atom. The first-order valence-corrected chi connectivity index (χ1v) is 18.9. The Kier molecular flexibility index (Phi) is 9.13. The van der Waals surface area contributed by atoms with Crippen molar-refractivity contribution >= 4 is 50.0 Å². The van der Waals surface area contributed by atoms with E-state index in [1.165, 1.54) is 53.0 Å². The first-order valence-electron chi connectivity index (χ1n) is 17.7. The number of aryl methyl sites for hydroxylation is 1. The molecular formula is C44H39ClN2O3S. The second-order valence-electron chi connectivity index (χ2n) is 13.5. The Labute approximate surface area is 307 Å². The summed E-state index contributed by atoms with van der Waals surface area (Å²) >= 11 is 7.65. The average Bonchev–Trinajstić information content (AvgIpc) is 3.73. The topological polar surface area (TPSA) is 64.4 Å². The Balaban J connectivity index is 1.29. The molecule has 1 aliphatic carbocycles. The number of benzene rings is 4. The average molecular weight is 711 g/mol. The van der Waals surface area contributed by atoms with Crippen molar-refractivity contribution in [2.75, 3.05) is 7.11 Å². The van der Waals surface area contributed by atoms with Gasteiger partial charge in [-0.05, 0) is 107 Å². The minimum absolute atomic E-state index is 0.385. The number of carbonyl (C=O) groups is 1. The molecule has 0 saturated heterocycles. The van der Waals surface area contributed by atoms with Crippen LogP contribution in [0.3, 0.4) is 0 Å². The van der Waals surface area contributed by atoms with Gasteiger partial charge in [0.05, 0.1) is 34.2 Å². The van der Waals surface area contributed by atoms with Gasteiger partial charge in [0.2, 0.25) is 0 Å². The van der Waals surface area contributed by atoms with Crippen molar-refractivity contribution in [2.45, 2.75) is 57.9 Å². The van der Waals surface area contributed by atoms with E-state index >= 15 is 0 Å². The second-order valence-corrected chi connectivity index (χ2v) is 15.0. The number of thiophene rings is 1. The van der Waals surface area contributed by atoms with Crippen LogP contribution >= 0.6 is 22.9 Å². The van der Waals surface area contributed by atoms with E-state index in [0.717, 1.165) is 74.1 Å². The zero-order valence-corrected chi connectivity index (χ0v) is 30.4. The molecule has 0 unspecified atom stereocenters. The summed E-state index contributed by atoms with van der Waals surface area (Å²) in [5.74, 6) is 0.288. The summed E-state index contributed by atoms with van der Waals surface area (Å²) in [6, 6.07) is 35.5. The van der Waals surface area contributed by atoms with Crippen LogP contribution in [0.2, 0.25) is 5.02 Å². The maximum atomic E-state index is 12.3. The molecule has 0 atom stereocenters. The molecule has 0 amide bonds. The molecule has 8 rings (SSSR count). The molecule has 1 N–H and O–H groups in total. The number of carboxylic acids is 1. The molecule has 1 fully saturated rings. The van der Waals surface area contributed by atoms with E-state index < -0.39 is 5.97 Å². The molecule has 1 saturated carbocycles. The van der Waals surface area contributed by atoms with Gasteiger partial charge in [-0.25, -0.2) is 9.78 Å². The normalized spacial score (nSPS) is 13.6. The number of hydrogen-bond acceptors (Lipinski definition) is 4. The molecule has 0 aliphatic heterocycles. The van der Waals surface area contributed by atoms with Gasteiger partial charge in [0.15, 0.2) is 0 Å². The number of methoxy groups -OCH3 is 1. The van der Waals surface area contributed by atoms with Gasteiger partial charge in [-0.1, -0.05) is 92.4 Å². The Morgan fingerprint density at radius 3 is 2.43 bits per heavy atom. The Morgan fingerprint density at radius 1 is 0.882 bits per heavy atom. The fourth-order valence-electron chi connectivity index (χ4n) is 7.80. The summed E-state index contributed by atoms with van der Waals surface area (Å²) < 4.78 is 9.12. The number of aromatic nitrogens is 2. The minimum Gasteiger partial charge on any atom is -0.497 e. The van der Waals surface area contributed by atoms with Crippen LogP contribution in [0, 0.1) is 0 Å². The van der Waals surface area contributed by atoms with Gasteiger partial charge in [0.1, 0.15) is 10.6 Å². The van der Waals surface area contributed by atoms with Gasteiger partial charge in [-0.15, -0.1) is 11.3 Å². The number of halogens is 1. The van der Waals surface area contributed by atoms with E-state index in [9.17, 15) is 9.90 Å². The summed E-state index contributed by atoms with van der Waals surface area (Å²) in [4.78, 5) is 17.9. The van der Waals surface area contributed by atoms with Crippen LogP contribution in [0.15, 0.2) is 103 Å². The Bertz CT molecular complexity index is 2400. The van der Waals surface area contributed by atoms with E-state index in [4.69, 9.17) is 21.3 Å². The maximum Gasteiger partial charge on any atom is 0.345 e. The minimum atomic E-state index is -0.866. The third-order valence-corrected chi connectivity index (χ3v) is 11.8. The van der Waals surface area contributed by atoms with Crippen molar-refractivity contribution in [1.29, 1.82) is 0 Å². The molecule has 5 nitrogen and oxygen atoms in total. The van der Waals surface area contributed by atoms with Crippen molar-refractivity contribution in [1.82, 2.24) is 9.55 Å². The summed E-state index contributed by atoms with van der Waals surface area (Å²) in [7, 11) is 1.68. The number of nitrogens with zero attached hydrogens (tertiary/aromatic N) is 2. The standard InChI is InChI=1S/C44H39ClN2O3S/c1-3-27-8-7-9-28(22-27)26-47-39-25-40(44(48)49)51-43(39)41(30-10-5-4-6-11-30)42(47)32-15-20-37-31(23-32)14-21-38(46-37)36-24-34(50-2)18-19-35(36)29-12-16-33(45)17-13-29/h7-9,12-25,30H,3-6,10-11,26H2,1-2H3,(H,48,49). The van der Waals surface area contributed by atoms with E-state index in [1.807, 2.05) is 42.5 Å². The fraction of sp³-hybridized carbons (Fsp3) is 0.227. The molecule has 256 valence electrons. The van der Waals surface area contributed by atoms with E-state index in [-0.39, 0.29) is 0 Å². The number of ether oxygens (including phenoxy) is 1. The lowest BCUT2D eigenvalue weighted by atomic mass is 9.83. The monoisotopic (exact) mass is 710 g/mol. The molecule has 1 aliphatic rings. The summed E-state index contributed by atoms with van der Waals surface area (Å²) in [6.45, 7) is 2.85. The summed E-state index contributed by atoms with van der Waals surface area (Å²) in [6.07, 6.45) is 6.84. The van der Waals surface area contributed by atoms with Crippen molar-refractivity contribution in [3.8, 4) is 39.4 Å². The molecule has 51 heavy (non-hydrogen) atoms. The lowest BCUT2D eigenvalue weighted by molar-refractivity contribution is 0.0702. The molecule has 4 aromatic carbocycles. The number of rotatable bonds is 9. The summed E-state index contributed by atoms with van der Waals surface area (Å²) in [5.41, 5.74) is 12.0. The lowest BCUT2D eigenvalue weighted by Crippen LogP contribution is -2.08. The number of carboxylic acid groups (broad SMARTS) is 1. The largest absolute Gasteiger partial charge is 0.497 e. The molecule has 7 heteroatoms. The molecule has 0 spiro atoms. The van der Waals surface area contributed by atoms with Crippen molar-refractivity contribution in [2.24, 2.45) is 0 Å². The van der Waals surface area contributed by atoms with E-state index in [1.54, 1.807) is 7.11 Å². The maximum absolute atomic E-state index is 12.3. The van der Waals surface area contributed by atoms with Crippen molar-refractivity contribution in [3.05, 3.63) is 130 Å². The molecule has 3 aromatic heterocycles. The SMILES string of the molecule is CCc1cccc(Cn2c(-c3ccc4nc(-c5cc(OC)ccc5-c5ccc(Cl)cc5)ccc4c3)c(C3CCCCC3)c3sc(C(=O)O)cc32)c1. The second kappa shape index (κ2) is 14.0. The number of pyridine rings is 1. The third kappa shape index (κ3) is 6.43. The highest BCUT2D eigenvalue weighted by molar-refractivity contribution is 7.21. The van der Waals surface area contributed by atoms with Gasteiger partial charge >= 0.3 is 5.97 Å². The Hall–Kier alpha value is -4.91. The molecule has 7 aromatic rings. The van der Waals surface area contributed by atoms with E-state index in [0.29, 0.717) is 22.4 Å². The first-order chi connectivity index (χ1) is 24.9. The van der Waals surface area contributed by atoms with E-state index in [2.05, 4.69) is 72.2 Å². The van der Waals surface area contributed by atoms with Crippen LogP contribution in [0.5, 0.6) is 5.75 Å². The smallest absolute Gasteiger partial charge is 0.345 e. The zero-order chi connectivity index (χ0) is 35.1. The fourth-order valence-corrected chi connectivity index (χ4v) is 9.05. The van der Waals surface area contributed by atoms with Crippen LogP contribution in [-0.2, 0) is 13.0 Å². The zero-order valence-electron chi connectivity index (χ0n) is 28.8. The third-order valence-electron chi connectivity index (χ3n) is 10.4. The molecule has 3 heterocycles. The molecule has 0 bridgehead atoms. The number of aromatic carboxylic acids is 1. The van der Waals surface area contributed by atoms with Crippen LogP contribution in [0.1, 0.15) is 71.3 Å². The van der Waals surface area contributed by atoms with Crippen molar-refractivity contribution in [3.63, 3.8) is 0 Å². The van der Waals surface area contributed by atoms with Gasteiger partial charge in [0.25, 0.3) is 0 Å². The quantitative estimate of drug-likeness (QED) is 0.162. The lowest BCUT2D eigenvalue weighted by Gasteiger charge is -2.24. The summed E-state index contributed by atoms with van der Waals surface area (Å²) in [5, 5.41) is 11.8. The highest BCUT2D eigenvalue weighted by Crippen LogP contribution is 2.47. The van der Waals surface area contributed by atoms with Gasteiger partial charge in [0, 0.05) is 22.5 Å². The van der Waals surface area contributed by atoms with Crippen molar-refractivity contribution < 1.29 is 14.6 Å². The predicted molar refractivity (Wildman–Crippen MR) is 211 cm³/mol. The van der Waals surface area contributed by atoms with Gasteiger partial charge in [-0.3, -0.25) is 0 Å².